The molecule has 6 aromatic carbocycles. The first-order valence-electron chi connectivity index (χ1n) is 24.7. The minimum atomic E-state index is -0.476. The van der Waals surface area contributed by atoms with E-state index in [0.29, 0.717) is 0 Å². The fraction of sp³-hybridized carbons (Fsp3) is 0.321. The summed E-state index contributed by atoms with van der Waals surface area (Å²) < 4.78 is 46.6. The summed E-state index contributed by atoms with van der Waals surface area (Å²) in [5.74, 6) is 1.85. The molecule has 366 valence electrons. The fourth-order valence-electron chi connectivity index (χ4n) is 9.58. The summed E-state index contributed by atoms with van der Waals surface area (Å²) in [4.78, 5) is 9.89. The summed E-state index contributed by atoms with van der Waals surface area (Å²) in [5, 5.41) is 0. The number of rotatable bonds is 4. The third kappa shape index (κ3) is 8.08. The van der Waals surface area contributed by atoms with E-state index >= 15 is 0 Å². The summed E-state index contributed by atoms with van der Waals surface area (Å²) in [6.07, 6.45) is 0. The molecule has 0 aliphatic carbocycles. The predicted molar refractivity (Wildman–Crippen MR) is 300 cm³/mol. The number of para-hydroxylation sites is 6. The number of aromatic nitrogens is 6. The van der Waals surface area contributed by atoms with Crippen LogP contribution in [0.25, 0.3) is 67.1 Å². The Labute approximate surface area is 435 Å². The number of nitrogens with zero attached hydrogens (tertiary/aromatic N) is 6. The molecule has 0 spiro atoms. The van der Waals surface area contributed by atoms with Crippen LogP contribution in [0, 0.1) is 3.57 Å². The highest BCUT2D eigenvalue weighted by Crippen LogP contribution is 2.43. The van der Waals surface area contributed by atoms with Gasteiger partial charge in [-0.2, -0.15) is 0 Å². The maximum Gasteiger partial charge on any atom is 0.494 e. The predicted octanol–water partition coefficient (Wildman–Crippen LogP) is 12.0. The Balaban J connectivity index is 0.000000122. The van der Waals surface area contributed by atoms with Crippen molar-refractivity contribution in [3.63, 3.8) is 0 Å². The first-order chi connectivity index (χ1) is 34.1. The fourth-order valence-corrected chi connectivity index (χ4v) is 10.1. The van der Waals surface area contributed by atoms with Crippen molar-refractivity contribution in [2.75, 3.05) is 0 Å². The van der Waals surface area contributed by atoms with Gasteiger partial charge in [0.2, 0.25) is 11.6 Å². The lowest BCUT2D eigenvalue weighted by Crippen LogP contribution is -2.41. The molecule has 16 heteroatoms. The van der Waals surface area contributed by atoms with E-state index in [1.807, 2.05) is 67.5 Å². The van der Waals surface area contributed by atoms with Gasteiger partial charge in [-0.3, -0.25) is 17.9 Å². The van der Waals surface area contributed by atoms with Crippen molar-refractivity contribution >= 4 is 105 Å². The second kappa shape index (κ2) is 17.3. The molecular formula is C56H60B3IN6O6. The van der Waals surface area contributed by atoms with Gasteiger partial charge in [-0.15, -0.1) is 0 Å². The minimum absolute atomic E-state index is 0.360. The van der Waals surface area contributed by atoms with Crippen LogP contribution in [0.4, 0.5) is 0 Å². The summed E-state index contributed by atoms with van der Waals surface area (Å²) in [6, 6.07) is 50.3. The number of benzene rings is 6. The first-order valence-corrected chi connectivity index (χ1v) is 25.8. The van der Waals surface area contributed by atoms with E-state index in [2.05, 4.69) is 202 Å². The zero-order valence-electron chi connectivity index (χ0n) is 43.1. The Morgan fingerprint density at radius 1 is 0.375 bits per heavy atom. The third-order valence-corrected chi connectivity index (χ3v) is 16.4. The molecule has 0 saturated carbocycles. The van der Waals surface area contributed by atoms with Crippen molar-refractivity contribution in [3.8, 4) is 11.4 Å². The van der Waals surface area contributed by atoms with Gasteiger partial charge in [0.15, 0.2) is 0 Å². The van der Waals surface area contributed by atoms with Crippen molar-refractivity contribution in [3.05, 3.63) is 149 Å². The van der Waals surface area contributed by atoms with Gasteiger partial charge in [-0.1, -0.05) is 66.7 Å². The van der Waals surface area contributed by atoms with E-state index in [9.17, 15) is 0 Å². The molecule has 0 bridgehead atoms. The average molecular weight is 1070 g/mol. The summed E-state index contributed by atoms with van der Waals surface area (Å²) in [7, 11) is -1.35. The smallest absolute Gasteiger partial charge is 0.405 e. The molecule has 4 aromatic heterocycles. The SMILES string of the molecule is CC1(C)OB(B2OC(C)(C)C(C)(C)O2)OC1(C)C.CC1(C)OB(c2ccc3nc4n(-c5ccccc5)c5ccccc5n4c3c2)OC1(C)C.Ic1ccc2nc3n(-c4ccccc4)c4ccccc4n3c2c1. The van der Waals surface area contributed by atoms with Gasteiger partial charge in [0.05, 0.1) is 77.7 Å². The molecule has 0 N–H and O–H groups in total. The van der Waals surface area contributed by atoms with Gasteiger partial charge in [-0.25, -0.2) is 9.97 Å². The standard InChI is InChI=1S/C25H24BN3O2.C19H12IN3.C12H24B2O4/c1-24(2)25(3,4)31-26(30-24)17-14-15-19-22(16-17)29-21-13-9-8-12-20(21)28(23(29)27-19)18-10-6-5-7-11-18;20-13-10-11-15-18(12-13)23-17-9-5-4-8-16(17)22(19(23)21-15)14-6-2-1-3-7-14;1-9(2)10(3,4)16-13(15-9)14-17-11(5,6)12(7,8)18-14/h5-16H,1-4H3;1-12H;1-8H3. The summed E-state index contributed by atoms with van der Waals surface area (Å²) in [6.45, 7) is 24.5. The van der Waals surface area contributed by atoms with Crippen LogP contribution in [0.1, 0.15) is 83.1 Å². The zero-order valence-corrected chi connectivity index (χ0v) is 45.3. The highest BCUT2D eigenvalue weighted by atomic mass is 127. The third-order valence-electron chi connectivity index (χ3n) is 15.7. The molecule has 3 aliphatic heterocycles. The van der Waals surface area contributed by atoms with Crippen molar-refractivity contribution in [1.82, 2.24) is 27.9 Å². The van der Waals surface area contributed by atoms with Gasteiger partial charge < -0.3 is 27.9 Å². The number of hydrogen-bond donors (Lipinski definition) is 0. The van der Waals surface area contributed by atoms with E-state index in [0.717, 1.165) is 61.5 Å². The molecule has 0 radical (unpaired) electrons. The van der Waals surface area contributed by atoms with Crippen molar-refractivity contribution < 1.29 is 27.9 Å². The molecule has 0 unspecified atom stereocenters. The Bertz CT molecular complexity index is 3600. The molecule has 13 rings (SSSR count). The Hall–Kier alpha value is -5.46. The number of halogens is 1. The van der Waals surface area contributed by atoms with Crippen molar-refractivity contribution in [1.29, 1.82) is 0 Å². The zero-order chi connectivity index (χ0) is 50.8. The maximum atomic E-state index is 6.29. The van der Waals surface area contributed by atoms with Gasteiger partial charge in [-0.05, 0) is 190 Å². The molecule has 3 aliphatic rings. The lowest BCUT2D eigenvalue weighted by molar-refractivity contribution is 0.00578. The minimum Gasteiger partial charge on any atom is -0.405 e. The van der Waals surface area contributed by atoms with Gasteiger partial charge in [0.25, 0.3) is 0 Å². The molecule has 10 aromatic rings. The van der Waals surface area contributed by atoms with Crippen LogP contribution in [0.2, 0.25) is 0 Å². The van der Waals surface area contributed by atoms with E-state index in [1.54, 1.807) is 0 Å². The molecule has 12 nitrogen and oxygen atoms in total. The van der Waals surface area contributed by atoms with E-state index in [4.69, 9.17) is 37.9 Å². The van der Waals surface area contributed by atoms with Crippen molar-refractivity contribution in [2.24, 2.45) is 0 Å². The van der Waals surface area contributed by atoms with E-state index in [1.165, 1.54) is 14.6 Å². The van der Waals surface area contributed by atoms with Crippen LogP contribution in [0.15, 0.2) is 146 Å². The van der Waals surface area contributed by atoms with E-state index in [-0.39, 0.29) is 33.6 Å². The first kappa shape index (κ1) is 48.8. The van der Waals surface area contributed by atoms with Gasteiger partial charge >= 0.3 is 21.1 Å². The molecule has 7 heterocycles. The quantitative estimate of drug-likeness (QED) is 0.127. The van der Waals surface area contributed by atoms with Crippen LogP contribution in [-0.2, 0) is 27.9 Å². The Morgan fingerprint density at radius 2 is 0.722 bits per heavy atom. The lowest BCUT2D eigenvalue weighted by Gasteiger charge is -2.32. The van der Waals surface area contributed by atoms with E-state index < -0.39 is 21.1 Å². The molecule has 0 atom stereocenters. The second-order valence-electron chi connectivity index (χ2n) is 22.0. The van der Waals surface area contributed by atoms with Crippen LogP contribution >= 0.6 is 22.6 Å². The lowest BCUT2D eigenvalue weighted by atomic mass is 9.49. The van der Waals surface area contributed by atoms with Gasteiger partial charge in [0, 0.05) is 14.9 Å². The monoisotopic (exact) mass is 1070 g/mol. The van der Waals surface area contributed by atoms with Crippen LogP contribution in [-0.4, -0.2) is 82.6 Å². The maximum absolute atomic E-state index is 6.29. The largest absolute Gasteiger partial charge is 0.494 e. The Morgan fingerprint density at radius 3 is 1.14 bits per heavy atom. The summed E-state index contributed by atoms with van der Waals surface area (Å²) >= 11 is 2.35. The number of hydrogen-bond acceptors (Lipinski definition) is 8. The summed E-state index contributed by atoms with van der Waals surface area (Å²) in [5.41, 5.74) is 9.80. The van der Waals surface area contributed by atoms with Crippen LogP contribution in [0.5, 0.6) is 0 Å². The van der Waals surface area contributed by atoms with Crippen molar-refractivity contribution in [2.45, 2.75) is 117 Å². The number of fused-ring (bicyclic) bond motifs is 10. The molecular weight excluding hydrogens is 1010 g/mol. The molecule has 3 fully saturated rings. The Kier molecular flexibility index (Phi) is 11.7. The van der Waals surface area contributed by atoms with Crippen LogP contribution in [0.3, 0.4) is 0 Å². The second-order valence-corrected chi connectivity index (χ2v) is 23.3. The average Bonchev–Trinajstić information content (AvgIpc) is 4.17. The highest BCUT2D eigenvalue weighted by molar-refractivity contribution is 14.1. The van der Waals surface area contributed by atoms with Crippen LogP contribution < -0.4 is 5.46 Å². The molecule has 3 saturated heterocycles. The molecule has 0 amide bonds. The normalized spacial score (nSPS) is 19.4. The molecule has 72 heavy (non-hydrogen) atoms. The number of imidazole rings is 4. The topological polar surface area (TPSA) is 99.8 Å². The van der Waals surface area contributed by atoms with Gasteiger partial charge in [0.1, 0.15) is 0 Å². The highest BCUT2D eigenvalue weighted by Gasteiger charge is 2.63.